The highest BCUT2D eigenvalue weighted by Crippen LogP contribution is 2.21. The van der Waals surface area contributed by atoms with E-state index in [9.17, 15) is 13.2 Å². The zero-order chi connectivity index (χ0) is 20.9. The predicted octanol–water partition coefficient (Wildman–Crippen LogP) is 2.81. The molecule has 0 aromatic heterocycles. The summed E-state index contributed by atoms with van der Waals surface area (Å²) in [6, 6.07) is 6.02. The van der Waals surface area contributed by atoms with E-state index in [1.807, 2.05) is 20.8 Å². The lowest BCUT2D eigenvalue weighted by molar-refractivity contribution is 0.0773. The van der Waals surface area contributed by atoms with Crippen molar-refractivity contribution in [2.24, 2.45) is 11.8 Å². The summed E-state index contributed by atoms with van der Waals surface area (Å²) in [4.78, 5) is 16.6. The molecule has 0 unspecified atom stereocenters. The fourth-order valence-corrected chi connectivity index (χ4v) is 5.40. The number of sulfonamides is 1. The number of nitrogens with zero attached hydrogens (tertiary/aromatic N) is 2. The highest BCUT2D eigenvalue weighted by atomic mass is 32.2. The van der Waals surface area contributed by atoms with E-state index in [1.165, 1.54) is 18.6 Å². The molecule has 158 valence electrons. The molecule has 1 aliphatic heterocycles. The molecular formula is C21H35N3O3S. The first-order valence-corrected chi connectivity index (χ1v) is 11.8. The number of piperidine rings is 1. The van der Waals surface area contributed by atoms with Crippen molar-refractivity contribution in [3.05, 3.63) is 29.8 Å². The molecule has 1 aromatic rings. The average Bonchev–Trinajstić information content (AvgIpc) is 2.61. The number of carbonyl (C=O) groups is 1. The van der Waals surface area contributed by atoms with Crippen LogP contribution in [0.15, 0.2) is 29.2 Å². The van der Waals surface area contributed by atoms with Gasteiger partial charge in [-0.3, -0.25) is 4.79 Å². The van der Waals surface area contributed by atoms with Crippen LogP contribution in [0.5, 0.6) is 0 Å². The Morgan fingerprint density at radius 3 is 2.18 bits per heavy atom. The molecular weight excluding hydrogens is 374 g/mol. The highest BCUT2D eigenvalue weighted by molar-refractivity contribution is 7.89. The summed E-state index contributed by atoms with van der Waals surface area (Å²) in [7, 11) is -3.61. The van der Waals surface area contributed by atoms with E-state index in [4.69, 9.17) is 0 Å². The Morgan fingerprint density at radius 2 is 1.68 bits per heavy atom. The summed E-state index contributed by atoms with van der Waals surface area (Å²) >= 11 is 0. The largest absolute Gasteiger partial charge is 0.339 e. The van der Waals surface area contributed by atoms with Crippen LogP contribution in [0.25, 0.3) is 0 Å². The summed E-state index contributed by atoms with van der Waals surface area (Å²) in [5.74, 6) is 1.20. The Morgan fingerprint density at radius 1 is 1.14 bits per heavy atom. The second-order valence-electron chi connectivity index (χ2n) is 8.19. The van der Waals surface area contributed by atoms with Gasteiger partial charge in [0.25, 0.3) is 5.91 Å². The van der Waals surface area contributed by atoms with Gasteiger partial charge in [0.15, 0.2) is 0 Å². The smallest absolute Gasteiger partial charge is 0.253 e. The Bertz CT molecular complexity index is 735. The van der Waals surface area contributed by atoms with E-state index < -0.39 is 10.0 Å². The third-order valence-corrected chi connectivity index (χ3v) is 6.90. The molecule has 1 N–H and O–H groups in total. The van der Waals surface area contributed by atoms with Gasteiger partial charge in [-0.1, -0.05) is 13.8 Å². The molecule has 1 aliphatic rings. The maximum Gasteiger partial charge on any atom is 0.253 e. The molecule has 28 heavy (non-hydrogen) atoms. The van der Waals surface area contributed by atoms with Crippen LogP contribution in [-0.4, -0.2) is 62.9 Å². The van der Waals surface area contributed by atoms with Crippen LogP contribution in [0.2, 0.25) is 0 Å². The van der Waals surface area contributed by atoms with Gasteiger partial charge in [0, 0.05) is 44.3 Å². The Labute approximate surface area is 170 Å². The summed E-state index contributed by atoms with van der Waals surface area (Å²) in [5.41, 5.74) is 0.506. The fraction of sp³-hybridized carbons (Fsp3) is 0.667. The number of hydrogen-bond donors (Lipinski definition) is 1. The maximum atomic E-state index is 12.7. The zero-order valence-corrected chi connectivity index (χ0v) is 18.6. The molecule has 2 rings (SSSR count). The van der Waals surface area contributed by atoms with E-state index in [1.54, 1.807) is 17.0 Å². The zero-order valence-electron chi connectivity index (χ0n) is 17.8. The van der Waals surface area contributed by atoms with E-state index in [0.29, 0.717) is 37.0 Å². The summed E-state index contributed by atoms with van der Waals surface area (Å²) in [6.07, 6.45) is 1.23. The minimum atomic E-state index is -3.61. The first-order chi connectivity index (χ1) is 13.2. The van der Waals surface area contributed by atoms with Crippen molar-refractivity contribution in [2.45, 2.75) is 52.0 Å². The van der Waals surface area contributed by atoms with Crippen molar-refractivity contribution in [3.63, 3.8) is 0 Å². The van der Waals surface area contributed by atoms with Crippen LogP contribution in [0.3, 0.4) is 0 Å². The van der Waals surface area contributed by atoms with Crippen molar-refractivity contribution in [1.29, 1.82) is 0 Å². The highest BCUT2D eigenvalue weighted by Gasteiger charge is 2.25. The number of carbonyl (C=O) groups excluding carboxylic acids is 1. The molecule has 0 spiro atoms. The van der Waals surface area contributed by atoms with Gasteiger partial charge in [-0.2, -0.15) is 0 Å². The third-order valence-electron chi connectivity index (χ3n) is 5.30. The SMILES string of the molecule is CCN(CC)C(=O)c1ccc(S(=O)(=O)N[C@H](C)CN2C[C@H](C)C[C@H](C)C2)cc1. The Balaban J connectivity index is 2.01. The van der Waals surface area contributed by atoms with Gasteiger partial charge in [0.1, 0.15) is 0 Å². The molecule has 3 atom stereocenters. The fourth-order valence-electron chi connectivity index (χ4n) is 4.17. The van der Waals surface area contributed by atoms with Crippen molar-refractivity contribution in [2.75, 3.05) is 32.7 Å². The normalized spacial score (nSPS) is 22.0. The minimum absolute atomic E-state index is 0.0800. The lowest BCUT2D eigenvalue weighted by atomic mass is 9.92. The number of rotatable bonds is 8. The van der Waals surface area contributed by atoms with Gasteiger partial charge in [0.05, 0.1) is 4.90 Å². The van der Waals surface area contributed by atoms with E-state index in [2.05, 4.69) is 23.5 Å². The van der Waals surface area contributed by atoms with E-state index >= 15 is 0 Å². The molecule has 0 bridgehead atoms. The second-order valence-corrected chi connectivity index (χ2v) is 9.90. The molecule has 0 saturated carbocycles. The van der Waals surface area contributed by atoms with Gasteiger partial charge in [-0.05, 0) is 63.3 Å². The molecule has 1 aromatic carbocycles. The Hall–Kier alpha value is -1.44. The predicted molar refractivity (Wildman–Crippen MR) is 113 cm³/mol. The van der Waals surface area contributed by atoms with Crippen LogP contribution in [0, 0.1) is 11.8 Å². The van der Waals surface area contributed by atoms with Crippen LogP contribution >= 0.6 is 0 Å². The number of hydrogen-bond acceptors (Lipinski definition) is 4. The number of likely N-dealkylation sites (tertiary alicyclic amines) is 1. The number of nitrogens with one attached hydrogen (secondary N) is 1. The lowest BCUT2D eigenvalue weighted by Crippen LogP contribution is -2.46. The number of amides is 1. The topological polar surface area (TPSA) is 69.7 Å². The van der Waals surface area contributed by atoms with Crippen molar-refractivity contribution >= 4 is 15.9 Å². The molecule has 0 radical (unpaired) electrons. The van der Waals surface area contributed by atoms with Crippen LogP contribution in [0.1, 0.15) is 51.4 Å². The van der Waals surface area contributed by atoms with Crippen molar-refractivity contribution < 1.29 is 13.2 Å². The molecule has 1 saturated heterocycles. The van der Waals surface area contributed by atoms with Crippen LogP contribution in [0.4, 0.5) is 0 Å². The van der Waals surface area contributed by atoms with Gasteiger partial charge < -0.3 is 9.80 Å². The van der Waals surface area contributed by atoms with E-state index in [-0.39, 0.29) is 16.8 Å². The standard InChI is InChI=1S/C21H35N3O3S/c1-6-24(7-2)21(25)19-8-10-20(11-9-19)28(26,27)22-18(5)15-23-13-16(3)12-17(4)14-23/h8-11,16-18,22H,6-7,12-15H2,1-5H3/t16-,17+,18-/m1/s1. The van der Waals surface area contributed by atoms with E-state index in [0.717, 1.165) is 13.1 Å². The molecule has 1 heterocycles. The van der Waals surface area contributed by atoms with Crippen molar-refractivity contribution in [1.82, 2.24) is 14.5 Å². The van der Waals surface area contributed by atoms with Crippen LogP contribution < -0.4 is 4.72 Å². The first-order valence-electron chi connectivity index (χ1n) is 10.3. The summed E-state index contributed by atoms with van der Waals surface area (Å²) in [6.45, 7) is 14.2. The summed E-state index contributed by atoms with van der Waals surface area (Å²) < 4.78 is 28.2. The quantitative estimate of drug-likeness (QED) is 0.717. The van der Waals surface area contributed by atoms with Crippen LogP contribution in [-0.2, 0) is 10.0 Å². The molecule has 1 fully saturated rings. The maximum absolute atomic E-state index is 12.7. The molecule has 0 aliphatic carbocycles. The van der Waals surface area contributed by atoms with Gasteiger partial charge in [0.2, 0.25) is 10.0 Å². The van der Waals surface area contributed by atoms with Crippen molar-refractivity contribution in [3.8, 4) is 0 Å². The third kappa shape index (κ3) is 6.03. The minimum Gasteiger partial charge on any atom is -0.339 e. The van der Waals surface area contributed by atoms with Gasteiger partial charge >= 0.3 is 0 Å². The van der Waals surface area contributed by atoms with Gasteiger partial charge in [-0.25, -0.2) is 13.1 Å². The molecule has 1 amide bonds. The molecule has 7 heteroatoms. The van der Waals surface area contributed by atoms with Gasteiger partial charge in [-0.15, -0.1) is 0 Å². The first kappa shape index (κ1) is 22.8. The average molecular weight is 410 g/mol. The molecule has 6 nitrogen and oxygen atoms in total. The number of benzene rings is 1. The lowest BCUT2D eigenvalue weighted by Gasteiger charge is -2.36. The monoisotopic (exact) mass is 409 g/mol. The summed E-state index contributed by atoms with van der Waals surface area (Å²) in [5, 5.41) is 0. The Kier molecular flexibility index (Phi) is 8.04. The second kappa shape index (κ2) is 9.85.